The zero-order valence-corrected chi connectivity index (χ0v) is 10.1. The zero-order chi connectivity index (χ0) is 11.3. The molecule has 3 nitrogen and oxygen atoms in total. The fourth-order valence-corrected chi connectivity index (χ4v) is 1.46. The lowest BCUT2D eigenvalue weighted by molar-refractivity contribution is 0.0924. The van der Waals surface area contributed by atoms with Crippen molar-refractivity contribution in [3.05, 3.63) is 35.4 Å². The van der Waals surface area contributed by atoms with E-state index in [9.17, 15) is 4.79 Å². The molecular formula is C11H14BrNO2. The molecule has 0 aromatic heterocycles. The highest BCUT2D eigenvalue weighted by atomic mass is 79.9. The highest BCUT2D eigenvalue weighted by Crippen LogP contribution is 2.07. The molecule has 0 aliphatic carbocycles. The smallest absolute Gasteiger partial charge is 0.251 e. The largest absolute Gasteiger partial charge is 0.392 e. The van der Waals surface area contributed by atoms with E-state index in [0.717, 1.165) is 10.9 Å². The Bertz CT molecular complexity index is 322. The molecule has 1 atom stereocenters. The topological polar surface area (TPSA) is 49.3 Å². The van der Waals surface area contributed by atoms with E-state index in [1.54, 1.807) is 19.1 Å². The number of benzene rings is 1. The van der Waals surface area contributed by atoms with Crippen LogP contribution in [0, 0.1) is 0 Å². The summed E-state index contributed by atoms with van der Waals surface area (Å²) in [5.41, 5.74) is 1.74. The van der Waals surface area contributed by atoms with Crippen molar-refractivity contribution in [3.63, 3.8) is 0 Å². The molecule has 82 valence electrons. The van der Waals surface area contributed by atoms with E-state index < -0.39 is 6.10 Å². The highest BCUT2D eigenvalue weighted by Gasteiger charge is 2.05. The summed E-state index contributed by atoms with van der Waals surface area (Å²) in [6, 6.07) is 7.33. The molecule has 0 saturated carbocycles. The Morgan fingerprint density at radius 3 is 2.53 bits per heavy atom. The van der Waals surface area contributed by atoms with Gasteiger partial charge in [0.05, 0.1) is 6.10 Å². The van der Waals surface area contributed by atoms with Gasteiger partial charge in [-0.25, -0.2) is 0 Å². The van der Waals surface area contributed by atoms with Crippen LogP contribution in [0.25, 0.3) is 0 Å². The van der Waals surface area contributed by atoms with E-state index in [0.29, 0.717) is 5.56 Å². The molecule has 1 rings (SSSR count). The summed E-state index contributed by atoms with van der Waals surface area (Å²) in [6.45, 7) is 1.91. The van der Waals surface area contributed by atoms with Crippen LogP contribution in [0.1, 0.15) is 22.8 Å². The van der Waals surface area contributed by atoms with Gasteiger partial charge < -0.3 is 10.4 Å². The number of amides is 1. The van der Waals surface area contributed by atoms with Gasteiger partial charge >= 0.3 is 0 Å². The van der Waals surface area contributed by atoms with E-state index in [4.69, 9.17) is 5.11 Å². The molecule has 0 fully saturated rings. The van der Waals surface area contributed by atoms with Gasteiger partial charge in [0.1, 0.15) is 0 Å². The molecule has 0 radical (unpaired) electrons. The van der Waals surface area contributed by atoms with Crippen LogP contribution in [0.5, 0.6) is 0 Å². The second-order valence-electron chi connectivity index (χ2n) is 3.39. The lowest BCUT2D eigenvalue weighted by Gasteiger charge is -2.07. The Labute approximate surface area is 97.6 Å². The monoisotopic (exact) mass is 271 g/mol. The quantitative estimate of drug-likeness (QED) is 0.819. The Morgan fingerprint density at radius 2 is 2.07 bits per heavy atom. The van der Waals surface area contributed by atoms with Crippen LogP contribution < -0.4 is 5.32 Å². The van der Waals surface area contributed by atoms with Crippen LogP contribution in [0.15, 0.2) is 24.3 Å². The maximum Gasteiger partial charge on any atom is 0.251 e. The average Bonchev–Trinajstić information content (AvgIpc) is 2.26. The number of hydrogen-bond donors (Lipinski definition) is 2. The van der Waals surface area contributed by atoms with Crippen molar-refractivity contribution in [1.29, 1.82) is 0 Å². The normalized spacial score (nSPS) is 12.2. The van der Waals surface area contributed by atoms with Crippen molar-refractivity contribution in [1.82, 2.24) is 5.32 Å². The van der Waals surface area contributed by atoms with Gasteiger partial charge in [0.25, 0.3) is 5.91 Å². The fraction of sp³-hybridized carbons (Fsp3) is 0.364. The van der Waals surface area contributed by atoms with Gasteiger partial charge in [-0.05, 0) is 24.6 Å². The SMILES string of the molecule is C[C@H](O)CNC(=O)c1ccc(CBr)cc1. The molecule has 0 bridgehead atoms. The number of carbonyl (C=O) groups excluding carboxylic acids is 1. The second-order valence-corrected chi connectivity index (χ2v) is 3.95. The first-order chi connectivity index (χ1) is 7.13. The molecule has 1 amide bonds. The van der Waals surface area contributed by atoms with E-state index in [2.05, 4.69) is 21.2 Å². The van der Waals surface area contributed by atoms with E-state index in [1.165, 1.54) is 0 Å². The molecule has 2 N–H and O–H groups in total. The zero-order valence-electron chi connectivity index (χ0n) is 8.53. The Morgan fingerprint density at radius 1 is 1.47 bits per heavy atom. The van der Waals surface area contributed by atoms with Crippen molar-refractivity contribution in [2.24, 2.45) is 0 Å². The van der Waals surface area contributed by atoms with Crippen LogP contribution in [-0.4, -0.2) is 23.7 Å². The van der Waals surface area contributed by atoms with Crippen LogP contribution in [0.4, 0.5) is 0 Å². The van der Waals surface area contributed by atoms with Crippen molar-refractivity contribution in [2.45, 2.75) is 18.4 Å². The second kappa shape index (κ2) is 5.88. The van der Waals surface area contributed by atoms with Crippen LogP contribution >= 0.6 is 15.9 Å². The van der Waals surface area contributed by atoms with Crippen LogP contribution in [0.3, 0.4) is 0 Å². The summed E-state index contributed by atoms with van der Waals surface area (Å²) < 4.78 is 0. The molecule has 1 aromatic rings. The molecule has 4 heteroatoms. The summed E-state index contributed by atoms with van der Waals surface area (Å²) in [7, 11) is 0. The number of aliphatic hydroxyl groups excluding tert-OH is 1. The minimum atomic E-state index is -0.518. The molecule has 0 heterocycles. The summed E-state index contributed by atoms with van der Waals surface area (Å²) in [6.07, 6.45) is -0.518. The number of alkyl halides is 1. The number of nitrogens with one attached hydrogen (secondary N) is 1. The Hall–Kier alpha value is -0.870. The van der Waals surface area contributed by atoms with Crippen molar-refractivity contribution >= 4 is 21.8 Å². The van der Waals surface area contributed by atoms with Crippen molar-refractivity contribution < 1.29 is 9.90 Å². The molecule has 0 saturated heterocycles. The average molecular weight is 272 g/mol. The predicted octanol–water partition coefficient (Wildman–Crippen LogP) is 1.69. The lowest BCUT2D eigenvalue weighted by atomic mass is 10.1. The molecule has 15 heavy (non-hydrogen) atoms. The van der Waals surface area contributed by atoms with E-state index in [-0.39, 0.29) is 12.5 Å². The number of rotatable bonds is 4. The summed E-state index contributed by atoms with van der Waals surface area (Å²) >= 11 is 3.34. The third-order valence-corrected chi connectivity index (χ3v) is 2.58. The highest BCUT2D eigenvalue weighted by molar-refractivity contribution is 9.08. The maximum atomic E-state index is 11.5. The molecule has 0 unspecified atom stereocenters. The maximum absolute atomic E-state index is 11.5. The number of halogens is 1. The minimum absolute atomic E-state index is 0.156. The van der Waals surface area contributed by atoms with Gasteiger partial charge in [-0.1, -0.05) is 28.1 Å². The van der Waals surface area contributed by atoms with Crippen LogP contribution in [0.2, 0.25) is 0 Å². The molecule has 0 aliphatic rings. The van der Waals surface area contributed by atoms with Crippen molar-refractivity contribution in [3.8, 4) is 0 Å². The fourth-order valence-electron chi connectivity index (χ4n) is 1.09. The first-order valence-electron chi connectivity index (χ1n) is 4.74. The third-order valence-electron chi connectivity index (χ3n) is 1.93. The summed E-state index contributed by atoms with van der Waals surface area (Å²) in [5.74, 6) is -0.156. The van der Waals surface area contributed by atoms with E-state index >= 15 is 0 Å². The number of aliphatic hydroxyl groups is 1. The van der Waals surface area contributed by atoms with E-state index in [1.807, 2.05) is 12.1 Å². The molecule has 0 spiro atoms. The molecule has 0 aliphatic heterocycles. The van der Waals surface area contributed by atoms with Gasteiger partial charge in [0.15, 0.2) is 0 Å². The van der Waals surface area contributed by atoms with Gasteiger partial charge in [0, 0.05) is 17.4 Å². The summed E-state index contributed by atoms with van der Waals surface area (Å²) in [4.78, 5) is 11.5. The lowest BCUT2D eigenvalue weighted by Crippen LogP contribution is -2.30. The summed E-state index contributed by atoms with van der Waals surface area (Å²) in [5, 5.41) is 12.4. The first kappa shape index (κ1) is 12.2. The Balaban J connectivity index is 2.58. The van der Waals surface area contributed by atoms with Gasteiger partial charge in [0.2, 0.25) is 0 Å². The Kier molecular flexibility index (Phi) is 4.78. The van der Waals surface area contributed by atoms with Gasteiger partial charge in [-0.15, -0.1) is 0 Å². The van der Waals surface area contributed by atoms with Gasteiger partial charge in [-0.3, -0.25) is 4.79 Å². The number of hydrogen-bond acceptors (Lipinski definition) is 2. The standard InChI is InChI=1S/C11H14BrNO2/c1-8(14)7-13-11(15)10-4-2-9(6-12)3-5-10/h2-5,8,14H,6-7H2,1H3,(H,13,15)/t8-/m0/s1. The van der Waals surface area contributed by atoms with Gasteiger partial charge in [-0.2, -0.15) is 0 Å². The molecule has 1 aromatic carbocycles. The molecular weight excluding hydrogens is 258 g/mol. The third kappa shape index (κ3) is 4.01. The van der Waals surface area contributed by atoms with Crippen LogP contribution in [-0.2, 0) is 5.33 Å². The number of carbonyl (C=O) groups is 1. The predicted molar refractivity (Wildman–Crippen MR) is 63.1 cm³/mol. The minimum Gasteiger partial charge on any atom is -0.392 e. The van der Waals surface area contributed by atoms with Crippen molar-refractivity contribution in [2.75, 3.05) is 6.54 Å². The first-order valence-corrected chi connectivity index (χ1v) is 5.87.